The number of H-pyrrole nitrogens is 1. The van der Waals surface area contributed by atoms with E-state index >= 15 is 0 Å². The van der Waals surface area contributed by atoms with Crippen molar-refractivity contribution < 1.29 is 27.1 Å². The zero-order valence-corrected chi connectivity index (χ0v) is 15.6. The largest absolute Gasteiger partial charge is 0.389 e. The first-order valence-electron chi connectivity index (χ1n) is 7.79. The summed E-state index contributed by atoms with van der Waals surface area (Å²) in [5.41, 5.74) is -2.92. The van der Waals surface area contributed by atoms with Crippen LogP contribution >= 0.6 is 19.2 Å². The Bertz CT molecular complexity index is 831. The molecule has 1 aliphatic heterocycles. The molecule has 1 fully saturated rings. The smallest absolute Gasteiger partial charge is 0.347 e. The normalized spacial score (nSPS) is 24.2. The Morgan fingerprint density at radius 2 is 2.08 bits per heavy atom. The number of ether oxygens (including phenoxy) is 1. The summed E-state index contributed by atoms with van der Waals surface area (Å²) in [6, 6.07) is 0. The number of hydrogen-bond acceptors (Lipinski definition) is 6. The topological polar surface area (TPSA) is 99.6 Å². The molecule has 0 saturated carbocycles. The van der Waals surface area contributed by atoms with Gasteiger partial charge in [0.1, 0.15) is 23.5 Å². The van der Waals surface area contributed by atoms with Gasteiger partial charge in [-0.15, -0.1) is 0 Å². The van der Waals surface area contributed by atoms with E-state index in [0.29, 0.717) is 6.08 Å². The summed E-state index contributed by atoms with van der Waals surface area (Å²) < 4.78 is 56.8. The summed E-state index contributed by atoms with van der Waals surface area (Å²) in [5, 5.41) is -0.286. The Balaban J connectivity index is 2.26. The lowest BCUT2D eigenvalue weighted by atomic mass is 10.2. The van der Waals surface area contributed by atoms with E-state index in [1.807, 2.05) is 4.98 Å². The molecule has 1 saturated heterocycles. The number of halogens is 3. The van der Waals surface area contributed by atoms with Crippen molar-refractivity contribution in [3.05, 3.63) is 43.7 Å². The standard InChI is InChI=1S/C14H18ClF2N2O6P/c1-3-23-26(22,24-4-2)11(17)6-10-9(16)5-12(25-10)19-7-8(15)13(20)18-14(19)21/h6-7,9-10,12H,3-5H2,1-2H3,(H,18,20,21)/b11-6+/t9?,10-,12-/m1/s1. The van der Waals surface area contributed by atoms with Crippen molar-refractivity contribution in [1.82, 2.24) is 9.55 Å². The Morgan fingerprint density at radius 3 is 2.65 bits per heavy atom. The summed E-state index contributed by atoms with van der Waals surface area (Å²) in [7, 11) is -4.19. The van der Waals surface area contributed by atoms with Gasteiger partial charge in [0.2, 0.25) is 5.57 Å². The maximum Gasteiger partial charge on any atom is 0.389 e. The van der Waals surface area contributed by atoms with Crippen LogP contribution in [0.25, 0.3) is 0 Å². The molecule has 26 heavy (non-hydrogen) atoms. The first-order valence-corrected chi connectivity index (χ1v) is 9.71. The zero-order chi connectivity index (χ0) is 19.5. The van der Waals surface area contributed by atoms with Crippen molar-refractivity contribution in [3.8, 4) is 0 Å². The molecule has 0 spiro atoms. The fourth-order valence-corrected chi connectivity index (χ4v) is 3.86. The second-order valence-corrected chi connectivity index (χ2v) is 7.62. The summed E-state index contributed by atoms with van der Waals surface area (Å²) in [4.78, 5) is 25.1. The van der Waals surface area contributed by atoms with E-state index in [1.54, 1.807) is 0 Å². The van der Waals surface area contributed by atoms with Crippen LogP contribution in [0.1, 0.15) is 26.5 Å². The Kier molecular flexibility index (Phi) is 6.92. The van der Waals surface area contributed by atoms with E-state index in [1.165, 1.54) is 13.8 Å². The summed E-state index contributed by atoms with van der Waals surface area (Å²) in [6.07, 6.45) is -2.86. The molecular formula is C14H18ClF2N2O6P. The van der Waals surface area contributed by atoms with E-state index < -0.39 is 42.9 Å². The van der Waals surface area contributed by atoms with Crippen molar-refractivity contribution >= 4 is 19.2 Å². The monoisotopic (exact) mass is 414 g/mol. The van der Waals surface area contributed by atoms with Crippen LogP contribution in [0.15, 0.2) is 27.4 Å². The molecule has 1 N–H and O–H groups in total. The van der Waals surface area contributed by atoms with E-state index in [-0.39, 0.29) is 24.7 Å². The van der Waals surface area contributed by atoms with Crippen molar-refractivity contribution in [2.75, 3.05) is 13.2 Å². The number of rotatable bonds is 7. The molecule has 3 atom stereocenters. The average Bonchev–Trinajstić information content (AvgIpc) is 2.92. The number of hydrogen-bond donors (Lipinski definition) is 1. The van der Waals surface area contributed by atoms with E-state index in [4.69, 9.17) is 25.4 Å². The second kappa shape index (κ2) is 8.58. The Labute approximate surface area is 152 Å². The van der Waals surface area contributed by atoms with Crippen LogP contribution in [0.2, 0.25) is 5.02 Å². The fourth-order valence-electron chi connectivity index (χ4n) is 2.37. The zero-order valence-electron chi connectivity index (χ0n) is 14.0. The number of nitrogens with zero attached hydrogens (tertiary/aromatic N) is 1. The van der Waals surface area contributed by atoms with Gasteiger partial charge in [0.25, 0.3) is 5.56 Å². The van der Waals surface area contributed by atoms with Crippen LogP contribution in [0.4, 0.5) is 8.78 Å². The minimum atomic E-state index is -4.19. The molecule has 1 unspecified atom stereocenters. The molecule has 0 bridgehead atoms. The Hall–Kier alpha value is -1.32. The highest BCUT2D eigenvalue weighted by Crippen LogP contribution is 2.57. The highest BCUT2D eigenvalue weighted by atomic mass is 35.5. The molecule has 1 aromatic heterocycles. The van der Waals surface area contributed by atoms with Crippen molar-refractivity contribution in [1.29, 1.82) is 0 Å². The molecule has 2 heterocycles. The predicted octanol–water partition coefficient (Wildman–Crippen LogP) is 2.89. The molecule has 0 aromatic carbocycles. The van der Waals surface area contributed by atoms with Gasteiger partial charge in [-0.1, -0.05) is 11.6 Å². The van der Waals surface area contributed by atoms with Gasteiger partial charge in [-0.2, -0.15) is 4.39 Å². The molecule has 0 amide bonds. The summed E-state index contributed by atoms with van der Waals surface area (Å²) in [5.74, 6) is 0. The highest BCUT2D eigenvalue weighted by molar-refractivity contribution is 7.58. The van der Waals surface area contributed by atoms with Crippen LogP contribution in [0.5, 0.6) is 0 Å². The molecule has 2 rings (SSSR count). The predicted molar refractivity (Wildman–Crippen MR) is 89.8 cm³/mol. The van der Waals surface area contributed by atoms with Crippen LogP contribution in [0.3, 0.4) is 0 Å². The van der Waals surface area contributed by atoms with Gasteiger partial charge in [-0.25, -0.2) is 9.18 Å². The van der Waals surface area contributed by atoms with Gasteiger partial charge in [-0.05, 0) is 19.9 Å². The second-order valence-electron chi connectivity index (χ2n) is 5.27. The molecule has 1 aliphatic rings. The minimum absolute atomic E-state index is 0.0724. The van der Waals surface area contributed by atoms with Crippen LogP contribution in [-0.2, 0) is 18.3 Å². The molecule has 8 nitrogen and oxygen atoms in total. The van der Waals surface area contributed by atoms with Gasteiger partial charge < -0.3 is 13.8 Å². The molecule has 1 aromatic rings. The number of nitrogens with one attached hydrogen (secondary N) is 1. The number of aromatic nitrogens is 2. The lowest BCUT2D eigenvalue weighted by Gasteiger charge is -2.17. The van der Waals surface area contributed by atoms with Crippen molar-refractivity contribution in [2.24, 2.45) is 0 Å². The summed E-state index contributed by atoms with van der Waals surface area (Å²) >= 11 is 5.66. The highest BCUT2D eigenvalue weighted by Gasteiger charge is 2.39. The third-order valence-electron chi connectivity index (χ3n) is 3.49. The van der Waals surface area contributed by atoms with Crippen LogP contribution in [0, 0.1) is 0 Å². The third-order valence-corrected chi connectivity index (χ3v) is 5.63. The van der Waals surface area contributed by atoms with Gasteiger partial charge in [0.05, 0.1) is 13.2 Å². The van der Waals surface area contributed by atoms with E-state index in [9.17, 15) is 22.9 Å². The maximum absolute atomic E-state index is 14.3. The molecular weight excluding hydrogens is 397 g/mol. The van der Waals surface area contributed by atoms with Gasteiger partial charge in [0, 0.05) is 12.6 Å². The quantitative estimate of drug-likeness (QED) is 0.689. The van der Waals surface area contributed by atoms with Gasteiger partial charge in [0.15, 0.2) is 0 Å². The number of aromatic amines is 1. The third kappa shape index (κ3) is 4.50. The number of alkyl halides is 1. The lowest BCUT2D eigenvalue weighted by Crippen LogP contribution is -2.32. The minimum Gasteiger partial charge on any atom is -0.347 e. The van der Waals surface area contributed by atoms with Gasteiger partial charge >= 0.3 is 13.3 Å². The lowest BCUT2D eigenvalue weighted by molar-refractivity contribution is 0.0125. The summed E-state index contributed by atoms with van der Waals surface area (Å²) in [6.45, 7) is 2.87. The SMILES string of the molecule is CCOP(=O)(OCC)/C(F)=C/[C@H]1O[C@@H](n2cc(Cl)c(=O)[nH]c2=O)CC1F. The molecule has 146 valence electrons. The first kappa shape index (κ1) is 21.0. The van der Waals surface area contributed by atoms with Crippen molar-refractivity contribution in [3.63, 3.8) is 0 Å². The van der Waals surface area contributed by atoms with Crippen LogP contribution < -0.4 is 11.2 Å². The maximum atomic E-state index is 14.3. The fraction of sp³-hybridized carbons (Fsp3) is 0.571. The Morgan fingerprint density at radius 1 is 1.46 bits per heavy atom. The van der Waals surface area contributed by atoms with Gasteiger partial charge in [-0.3, -0.25) is 18.9 Å². The molecule has 0 aliphatic carbocycles. The van der Waals surface area contributed by atoms with Crippen molar-refractivity contribution in [2.45, 2.75) is 38.8 Å². The molecule has 12 heteroatoms. The first-order chi connectivity index (χ1) is 12.2. The average molecular weight is 415 g/mol. The van der Waals surface area contributed by atoms with E-state index in [2.05, 4.69) is 0 Å². The van der Waals surface area contributed by atoms with E-state index in [0.717, 1.165) is 10.8 Å². The molecule has 0 radical (unpaired) electrons. The van der Waals surface area contributed by atoms with Crippen LogP contribution in [-0.4, -0.2) is 35.0 Å².